The highest BCUT2D eigenvalue weighted by molar-refractivity contribution is 5.89. The summed E-state index contributed by atoms with van der Waals surface area (Å²) in [4.78, 5) is 25.2. The Bertz CT molecular complexity index is 504. The van der Waals surface area contributed by atoms with Crippen molar-refractivity contribution in [3.63, 3.8) is 0 Å². The molecule has 0 spiro atoms. The molecule has 0 aliphatic carbocycles. The van der Waals surface area contributed by atoms with E-state index >= 15 is 0 Å². The molecule has 0 saturated carbocycles. The lowest BCUT2D eigenvalue weighted by Crippen LogP contribution is -2.50. The first kappa shape index (κ1) is 15.3. The van der Waals surface area contributed by atoms with E-state index in [2.05, 4.69) is 10.6 Å². The fourth-order valence-electron chi connectivity index (χ4n) is 2.34. The summed E-state index contributed by atoms with van der Waals surface area (Å²) in [6, 6.07) is 5.43. The van der Waals surface area contributed by atoms with Gasteiger partial charge in [-0.2, -0.15) is 0 Å². The Balaban J connectivity index is 1.89. The Labute approximate surface area is 123 Å². The minimum absolute atomic E-state index is 0.000734. The van der Waals surface area contributed by atoms with Gasteiger partial charge in [-0.3, -0.25) is 4.79 Å². The second-order valence-electron chi connectivity index (χ2n) is 5.14. The maximum Gasteiger partial charge on any atom is 0.321 e. The van der Waals surface area contributed by atoms with Crippen LogP contribution in [0.2, 0.25) is 0 Å². The van der Waals surface area contributed by atoms with Crippen molar-refractivity contribution >= 4 is 17.6 Å². The summed E-state index contributed by atoms with van der Waals surface area (Å²) in [5.74, 6) is -0.339. The lowest BCUT2D eigenvalue weighted by Gasteiger charge is -2.33. The number of hydrogen-bond donors (Lipinski definition) is 2. The number of urea groups is 1. The van der Waals surface area contributed by atoms with E-state index in [-0.39, 0.29) is 23.8 Å². The van der Waals surface area contributed by atoms with E-state index in [1.165, 1.54) is 24.3 Å². The van der Waals surface area contributed by atoms with Crippen LogP contribution < -0.4 is 10.6 Å². The Hall–Kier alpha value is -2.11. The Morgan fingerprint density at radius 3 is 2.71 bits per heavy atom. The molecule has 5 nitrogen and oxygen atoms in total. The summed E-state index contributed by atoms with van der Waals surface area (Å²) >= 11 is 0. The summed E-state index contributed by atoms with van der Waals surface area (Å²) in [5.41, 5.74) is 0.557. The number of carbonyl (C=O) groups excluding carboxylic acids is 2. The normalized spacial score (nSPS) is 18.2. The van der Waals surface area contributed by atoms with Crippen molar-refractivity contribution in [2.24, 2.45) is 0 Å². The Morgan fingerprint density at radius 2 is 2.05 bits per heavy atom. The smallest absolute Gasteiger partial charge is 0.321 e. The number of benzene rings is 1. The zero-order valence-corrected chi connectivity index (χ0v) is 12.1. The average Bonchev–Trinajstić information content (AvgIpc) is 2.49. The van der Waals surface area contributed by atoms with Gasteiger partial charge in [-0.05, 0) is 37.1 Å². The molecular formula is C15H20FN3O2. The molecule has 0 radical (unpaired) electrons. The molecule has 21 heavy (non-hydrogen) atoms. The highest BCUT2D eigenvalue weighted by atomic mass is 19.1. The first-order valence-corrected chi connectivity index (χ1v) is 7.19. The number of hydrogen-bond acceptors (Lipinski definition) is 2. The van der Waals surface area contributed by atoms with Crippen LogP contribution in [0.15, 0.2) is 24.3 Å². The second-order valence-corrected chi connectivity index (χ2v) is 5.14. The minimum Gasteiger partial charge on any atom is -0.352 e. The molecule has 1 aliphatic rings. The highest BCUT2D eigenvalue weighted by Gasteiger charge is 2.24. The molecule has 1 fully saturated rings. The van der Waals surface area contributed by atoms with Crippen LogP contribution in [0.1, 0.15) is 26.2 Å². The molecule has 1 unspecified atom stereocenters. The van der Waals surface area contributed by atoms with E-state index in [4.69, 9.17) is 0 Å². The van der Waals surface area contributed by atoms with Gasteiger partial charge in [-0.1, -0.05) is 6.92 Å². The summed E-state index contributed by atoms with van der Waals surface area (Å²) in [7, 11) is 0. The number of halogens is 1. The predicted octanol–water partition coefficient (Wildman–Crippen LogP) is 2.35. The van der Waals surface area contributed by atoms with Crippen LogP contribution in [0.5, 0.6) is 0 Å². The molecule has 0 aromatic heterocycles. The van der Waals surface area contributed by atoms with Gasteiger partial charge < -0.3 is 15.5 Å². The van der Waals surface area contributed by atoms with Crippen molar-refractivity contribution in [3.05, 3.63) is 30.1 Å². The quantitative estimate of drug-likeness (QED) is 0.898. The van der Waals surface area contributed by atoms with E-state index in [1.807, 2.05) is 0 Å². The van der Waals surface area contributed by atoms with Gasteiger partial charge in [0, 0.05) is 31.2 Å². The van der Waals surface area contributed by atoms with Crippen LogP contribution in [0.3, 0.4) is 0 Å². The largest absolute Gasteiger partial charge is 0.352 e. The molecule has 6 heteroatoms. The fraction of sp³-hybridized carbons (Fsp3) is 0.467. The van der Waals surface area contributed by atoms with Crippen molar-refractivity contribution in [3.8, 4) is 0 Å². The third-order valence-corrected chi connectivity index (χ3v) is 3.49. The van der Waals surface area contributed by atoms with Gasteiger partial charge in [-0.15, -0.1) is 0 Å². The van der Waals surface area contributed by atoms with Crippen LogP contribution in [0.25, 0.3) is 0 Å². The molecule has 1 aliphatic heterocycles. The molecule has 114 valence electrons. The van der Waals surface area contributed by atoms with Gasteiger partial charge in [0.2, 0.25) is 5.91 Å². The predicted molar refractivity (Wildman–Crippen MR) is 78.4 cm³/mol. The summed E-state index contributed by atoms with van der Waals surface area (Å²) < 4.78 is 12.8. The highest BCUT2D eigenvalue weighted by Crippen LogP contribution is 2.14. The molecule has 2 N–H and O–H groups in total. The van der Waals surface area contributed by atoms with Crippen LogP contribution in [0, 0.1) is 5.82 Å². The van der Waals surface area contributed by atoms with Crippen LogP contribution >= 0.6 is 0 Å². The minimum atomic E-state index is -0.340. The lowest BCUT2D eigenvalue weighted by molar-refractivity contribution is -0.121. The first-order valence-electron chi connectivity index (χ1n) is 7.19. The molecule has 2 rings (SSSR count). The number of anilines is 1. The molecule has 1 aromatic rings. The van der Waals surface area contributed by atoms with E-state index in [0.29, 0.717) is 25.2 Å². The number of amides is 3. The van der Waals surface area contributed by atoms with Gasteiger partial charge in [-0.25, -0.2) is 9.18 Å². The maximum absolute atomic E-state index is 12.8. The topological polar surface area (TPSA) is 61.4 Å². The lowest BCUT2D eigenvalue weighted by atomic mass is 10.1. The zero-order valence-electron chi connectivity index (χ0n) is 12.1. The van der Waals surface area contributed by atoms with Crippen molar-refractivity contribution in [1.82, 2.24) is 10.2 Å². The third-order valence-electron chi connectivity index (χ3n) is 3.49. The van der Waals surface area contributed by atoms with Crippen molar-refractivity contribution in [1.29, 1.82) is 0 Å². The SMILES string of the molecule is CCC(=O)NC1CCCN(C(=O)Nc2ccc(F)cc2)C1. The van der Waals surface area contributed by atoms with E-state index in [9.17, 15) is 14.0 Å². The third kappa shape index (κ3) is 4.44. The molecule has 1 heterocycles. The van der Waals surface area contributed by atoms with E-state index in [1.54, 1.807) is 11.8 Å². The van der Waals surface area contributed by atoms with Gasteiger partial charge in [0.15, 0.2) is 0 Å². The molecule has 1 aromatic carbocycles. The molecule has 1 atom stereocenters. The van der Waals surface area contributed by atoms with Crippen LogP contribution in [0.4, 0.5) is 14.9 Å². The first-order chi connectivity index (χ1) is 10.1. The van der Waals surface area contributed by atoms with Crippen molar-refractivity contribution in [2.75, 3.05) is 18.4 Å². The molecular weight excluding hydrogens is 273 g/mol. The van der Waals surface area contributed by atoms with Crippen molar-refractivity contribution in [2.45, 2.75) is 32.2 Å². The number of nitrogens with zero attached hydrogens (tertiary/aromatic N) is 1. The monoisotopic (exact) mass is 293 g/mol. The molecule has 1 saturated heterocycles. The molecule has 3 amide bonds. The Morgan fingerprint density at radius 1 is 1.33 bits per heavy atom. The summed E-state index contributed by atoms with van der Waals surface area (Å²) in [5, 5.41) is 5.65. The fourth-order valence-corrected chi connectivity index (χ4v) is 2.34. The second kappa shape index (κ2) is 7.06. The summed E-state index contributed by atoms with van der Waals surface area (Å²) in [6.45, 7) is 2.96. The standard InChI is InChI=1S/C15H20FN3O2/c1-2-14(20)17-13-4-3-9-19(10-13)15(21)18-12-7-5-11(16)6-8-12/h5-8,13H,2-4,9-10H2,1H3,(H,17,20)(H,18,21). The van der Waals surface area contributed by atoms with Gasteiger partial charge in [0.25, 0.3) is 0 Å². The number of likely N-dealkylation sites (tertiary alicyclic amines) is 1. The van der Waals surface area contributed by atoms with E-state index < -0.39 is 0 Å². The van der Waals surface area contributed by atoms with Crippen LogP contribution in [-0.4, -0.2) is 36.0 Å². The summed E-state index contributed by atoms with van der Waals surface area (Å²) in [6.07, 6.45) is 2.18. The maximum atomic E-state index is 12.8. The number of carbonyl (C=O) groups is 2. The number of rotatable bonds is 3. The number of nitrogens with one attached hydrogen (secondary N) is 2. The van der Waals surface area contributed by atoms with Crippen LogP contribution in [-0.2, 0) is 4.79 Å². The van der Waals surface area contributed by atoms with Gasteiger partial charge in [0.1, 0.15) is 5.82 Å². The Kier molecular flexibility index (Phi) is 5.14. The average molecular weight is 293 g/mol. The van der Waals surface area contributed by atoms with Gasteiger partial charge >= 0.3 is 6.03 Å². The number of piperidine rings is 1. The zero-order chi connectivity index (χ0) is 15.2. The van der Waals surface area contributed by atoms with Gasteiger partial charge in [0.05, 0.1) is 0 Å². The molecule has 0 bridgehead atoms. The van der Waals surface area contributed by atoms with Crippen molar-refractivity contribution < 1.29 is 14.0 Å². The van der Waals surface area contributed by atoms with E-state index in [0.717, 1.165) is 12.8 Å².